The van der Waals surface area contributed by atoms with E-state index in [0.717, 1.165) is 6.42 Å². The molecule has 1 saturated heterocycles. The molecule has 1 aliphatic heterocycles. The van der Waals surface area contributed by atoms with E-state index in [4.69, 9.17) is 10.5 Å². The van der Waals surface area contributed by atoms with Crippen molar-refractivity contribution >= 4 is 17.3 Å². The Balaban J connectivity index is 2.03. The van der Waals surface area contributed by atoms with Crippen LogP contribution in [0.15, 0.2) is 18.2 Å². The summed E-state index contributed by atoms with van der Waals surface area (Å²) < 4.78 is 5.50. The molecule has 20 heavy (non-hydrogen) atoms. The summed E-state index contributed by atoms with van der Waals surface area (Å²) in [5, 5.41) is 13.4. The standard InChI is InChI=1S/C13H17N3O4/c1-8-6-9(16(18)19)2-4-11(8)15-13(17)12-5-3-10(7-14)20-12/h2,4,6,10,12H,3,5,7,14H2,1H3,(H,15,17). The number of hydrogen-bond donors (Lipinski definition) is 2. The van der Waals surface area contributed by atoms with Gasteiger partial charge in [-0.05, 0) is 31.4 Å². The van der Waals surface area contributed by atoms with Gasteiger partial charge in [0.15, 0.2) is 0 Å². The molecule has 0 bridgehead atoms. The fraction of sp³-hybridized carbons (Fsp3) is 0.462. The van der Waals surface area contributed by atoms with E-state index in [1.807, 2.05) is 0 Å². The summed E-state index contributed by atoms with van der Waals surface area (Å²) in [4.78, 5) is 22.2. The minimum Gasteiger partial charge on any atom is -0.364 e. The molecule has 1 heterocycles. The van der Waals surface area contributed by atoms with Crippen molar-refractivity contribution in [2.24, 2.45) is 5.73 Å². The van der Waals surface area contributed by atoms with Crippen molar-refractivity contribution in [1.82, 2.24) is 0 Å². The number of amides is 1. The number of ether oxygens (including phenoxy) is 1. The van der Waals surface area contributed by atoms with E-state index in [2.05, 4.69) is 5.32 Å². The molecule has 3 N–H and O–H groups in total. The summed E-state index contributed by atoms with van der Waals surface area (Å²) >= 11 is 0. The Morgan fingerprint density at radius 2 is 2.30 bits per heavy atom. The average molecular weight is 279 g/mol. The van der Waals surface area contributed by atoms with Gasteiger partial charge in [0.05, 0.1) is 11.0 Å². The molecule has 2 unspecified atom stereocenters. The van der Waals surface area contributed by atoms with Crippen LogP contribution in [0.2, 0.25) is 0 Å². The molecule has 1 aromatic carbocycles. The van der Waals surface area contributed by atoms with Crippen molar-refractivity contribution in [2.45, 2.75) is 32.0 Å². The monoisotopic (exact) mass is 279 g/mol. The van der Waals surface area contributed by atoms with Gasteiger partial charge < -0.3 is 15.8 Å². The predicted molar refractivity (Wildman–Crippen MR) is 73.4 cm³/mol. The molecule has 0 spiro atoms. The molecule has 108 valence electrons. The zero-order valence-electron chi connectivity index (χ0n) is 11.2. The first-order valence-electron chi connectivity index (χ1n) is 6.42. The Bertz CT molecular complexity index is 532. The Morgan fingerprint density at radius 3 is 2.85 bits per heavy atom. The number of nitrogens with one attached hydrogen (secondary N) is 1. The van der Waals surface area contributed by atoms with Crippen molar-refractivity contribution in [3.63, 3.8) is 0 Å². The molecule has 1 aliphatic rings. The maximum absolute atomic E-state index is 12.0. The summed E-state index contributed by atoms with van der Waals surface area (Å²) in [6.45, 7) is 2.11. The number of benzene rings is 1. The summed E-state index contributed by atoms with van der Waals surface area (Å²) in [5.74, 6) is -0.238. The molecule has 7 nitrogen and oxygen atoms in total. The molecule has 2 rings (SSSR count). The number of nitro benzene ring substituents is 1. The highest BCUT2D eigenvalue weighted by atomic mass is 16.6. The first kappa shape index (κ1) is 14.4. The molecule has 1 aromatic rings. The maximum atomic E-state index is 12.0. The van der Waals surface area contributed by atoms with Crippen LogP contribution >= 0.6 is 0 Å². The number of aryl methyl sites for hydroxylation is 1. The minimum atomic E-state index is -0.502. The highest BCUT2D eigenvalue weighted by Gasteiger charge is 2.30. The topological polar surface area (TPSA) is 107 Å². The van der Waals surface area contributed by atoms with Crippen molar-refractivity contribution in [2.75, 3.05) is 11.9 Å². The highest BCUT2D eigenvalue weighted by Crippen LogP contribution is 2.24. The lowest BCUT2D eigenvalue weighted by atomic mass is 10.1. The zero-order chi connectivity index (χ0) is 14.7. The van der Waals surface area contributed by atoms with E-state index in [-0.39, 0.29) is 17.7 Å². The number of non-ortho nitro benzene ring substituents is 1. The molecule has 0 saturated carbocycles. The average Bonchev–Trinajstić information content (AvgIpc) is 2.89. The van der Waals surface area contributed by atoms with Gasteiger partial charge in [-0.25, -0.2) is 0 Å². The van der Waals surface area contributed by atoms with Gasteiger partial charge in [-0.15, -0.1) is 0 Å². The lowest BCUT2D eigenvalue weighted by Crippen LogP contribution is -2.30. The summed E-state index contributed by atoms with van der Waals surface area (Å²) in [6, 6.07) is 4.31. The molecule has 0 aliphatic carbocycles. The number of hydrogen-bond acceptors (Lipinski definition) is 5. The number of anilines is 1. The van der Waals surface area contributed by atoms with Crippen LogP contribution in [0.1, 0.15) is 18.4 Å². The van der Waals surface area contributed by atoms with Gasteiger partial charge in [0.1, 0.15) is 6.10 Å². The van der Waals surface area contributed by atoms with Gasteiger partial charge in [0.2, 0.25) is 0 Å². The molecule has 2 atom stereocenters. The van der Waals surface area contributed by atoms with Gasteiger partial charge >= 0.3 is 0 Å². The first-order chi connectivity index (χ1) is 9.51. The van der Waals surface area contributed by atoms with Crippen molar-refractivity contribution in [3.8, 4) is 0 Å². The number of carbonyl (C=O) groups is 1. The van der Waals surface area contributed by atoms with E-state index in [1.165, 1.54) is 18.2 Å². The fourth-order valence-electron chi connectivity index (χ4n) is 2.19. The molecular weight excluding hydrogens is 262 g/mol. The van der Waals surface area contributed by atoms with Gasteiger partial charge in [0, 0.05) is 24.4 Å². The number of nitrogens with zero attached hydrogens (tertiary/aromatic N) is 1. The number of nitro groups is 1. The zero-order valence-corrected chi connectivity index (χ0v) is 11.2. The Kier molecular flexibility index (Phi) is 4.31. The second-order valence-corrected chi connectivity index (χ2v) is 4.81. The molecule has 0 radical (unpaired) electrons. The number of nitrogens with two attached hydrogens (primary N) is 1. The normalized spacial score (nSPS) is 21.7. The maximum Gasteiger partial charge on any atom is 0.269 e. The lowest BCUT2D eigenvalue weighted by Gasteiger charge is -2.13. The summed E-state index contributed by atoms with van der Waals surface area (Å²) in [7, 11) is 0. The smallest absolute Gasteiger partial charge is 0.269 e. The predicted octanol–water partition coefficient (Wildman–Crippen LogP) is 1.35. The summed E-state index contributed by atoms with van der Waals surface area (Å²) in [6.07, 6.45) is 0.843. The Labute approximate surface area is 116 Å². The Hall–Kier alpha value is -1.99. The lowest BCUT2D eigenvalue weighted by molar-refractivity contribution is -0.384. The van der Waals surface area contributed by atoms with Gasteiger partial charge in [-0.1, -0.05) is 0 Å². The van der Waals surface area contributed by atoms with Crippen LogP contribution in [0.4, 0.5) is 11.4 Å². The van der Waals surface area contributed by atoms with E-state index < -0.39 is 11.0 Å². The van der Waals surface area contributed by atoms with E-state index in [9.17, 15) is 14.9 Å². The van der Waals surface area contributed by atoms with Crippen LogP contribution < -0.4 is 11.1 Å². The van der Waals surface area contributed by atoms with Gasteiger partial charge in [-0.2, -0.15) is 0 Å². The summed E-state index contributed by atoms with van der Waals surface area (Å²) in [5.41, 5.74) is 6.69. The SMILES string of the molecule is Cc1cc([N+](=O)[O-])ccc1NC(=O)C1CCC(CN)O1. The Morgan fingerprint density at radius 1 is 1.55 bits per heavy atom. The van der Waals surface area contributed by atoms with Crippen molar-refractivity contribution in [3.05, 3.63) is 33.9 Å². The van der Waals surface area contributed by atoms with E-state index in [0.29, 0.717) is 24.2 Å². The second-order valence-electron chi connectivity index (χ2n) is 4.81. The van der Waals surface area contributed by atoms with Crippen LogP contribution in [0.25, 0.3) is 0 Å². The van der Waals surface area contributed by atoms with E-state index in [1.54, 1.807) is 6.92 Å². The van der Waals surface area contributed by atoms with Crippen LogP contribution in [0.5, 0.6) is 0 Å². The van der Waals surface area contributed by atoms with Gasteiger partial charge in [-0.3, -0.25) is 14.9 Å². The third-order valence-electron chi connectivity index (χ3n) is 3.34. The van der Waals surface area contributed by atoms with E-state index >= 15 is 0 Å². The van der Waals surface area contributed by atoms with Crippen molar-refractivity contribution in [1.29, 1.82) is 0 Å². The molecule has 1 fully saturated rings. The molecule has 0 aromatic heterocycles. The third-order valence-corrected chi connectivity index (χ3v) is 3.34. The highest BCUT2D eigenvalue weighted by molar-refractivity contribution is 5.95. The van der Waals surface area contributed by atoms with Crippen LogP contribution in [-0.2, 0) is 9.53 Å². The molecule has 7 heteroatoms. The minimum absolute atomic E-state index is 0.000751. The largest absolute Gasteiger partial charge is 0.364 e. The number of carbonyl (C=O) groups excluding carboxylic acids is 1. The quantitative estimate of drug-likeness (QED) is 0.639. The molecular formula is C13H17N3O4. The van der Waals surface area contributed by atoms with Crippen molar-refractivity contribution < 1.29 is 14.5 Å². The third kappa shape index (κ3) is 3.12. The first-order valence-corrected chi connectivity index (χ1v) is 6.42. The number of rotatable bonds is 4. The fourth-order valence-corrected chi connectivity index (χ4v) is 2.19. The van der Waals surface area contributed by atoms with Crippen LogP contribution in [0.3, 0.4) is 0 Å². The van der Waals surface area contributed by atoms with Crippen LogP contribution in [0, 0.1) is 17.0 Å². The van der Waals surface area contributed by atoms with Crippen LogP contribution in [-0.4, -0.2) is 29.6 Å². The van der Waals surface area contributed by atoms with Gasteiger partial charge in [0.25, 0.3) is 11.6 Å². The molecule has 1 amide bonds. The second kappa shape index (κ2) is 5.98.